The molecule has 1 amide bonds. The fourth-order valence-corrected chi connectivity index (χ4v) is 5.40. The number of hydrogen-bond donors (Lipinski definition) is 4. The van der Waals surface area contributed by atoms with E-state index in [1.54, 1.807) is 42.5 Å². The lowest BCUT2D eigenvalue weighted by Gasteiger charge is -2.21. The molecule has 5 rings (SSSR count). The van der Waals surface area contributed by atoms with Crippen LogP contribution in [0.4, 0.5) is 11.4 Å². The molecular formula is C30H26N4O4S2. The Bertz CT molecular complexity index is 1800. The van der Waals surface area contributed by atoms with Gasteiger partial charge in [0, 0.05) is 22.3 Å². The quantitative estimate of drug-likeness (QED) is 0.184. The highest BCUT2D eigenvalue weighted by molar-refractivity contribution is 7.89. The highest BCUT2D eigenvalue weighted by atomic mass is 32.2. The highest BCUT2D eigenvalue weighted by Gasteiger charge is 2.22. The largest absolute Gasteiger partial charge is 0.461 e. The van der Waals surface area contributed by atoms with Crippen molar-refractivity contribution in [1.82, 2.24) is 5.32 Å². The number of amides is 1. The second-order valence-electron chi connectivity index (χ2n) is 9.16. The number of primary sulfonamides is 1. The maximum absolute atomic E-state index is 13.4. The predicted molar refractivity (Wildman–Crippen MR) is 161 cm³/mol. The first kappa shape index (κ1) is 27.1. The number of nitrogens with one attached hydrogen (secondary N) is 3. The van der Waals surface area contributed by atoms with Crippen LogP contribution < -0.4 is 21.1 Å². The van der Waals surface area contributed by atoms with E-state index in [0.717, 1.165) is 28.0 Å². The first-order valence-electron chi connectivity index (χ1n) is 12.3. The molecule has 0 fully saturated rings. The molecule has 0 radical (unpaired) electrons. The van der Waals surface area contributed by atoms with Crippen molar-refractivity contribution in [3.63, 3.8) is 0 Å². The fourth-order valence-electron chi connectivity index (χ4n) is 4.40. The zero-order chi connectivity index (χ0) is 28.3. The molecule has 0 aliphatic carbocycles. The Balaban J connectivity index is 1.33. The van der Waals surface area contributed by atoms with Crippen LogP contribution in [0.25, 0.3) is 22.1 Å². The molecule has 1 unspecified atom stereocenters. The molecule has 40 heavy (non-hydrogen) atoms. The number of fused-ring (bicyclic) bond motifs is 1. The maximum Gasteiger partial charge on any atom is 0.251 e. The second kappa shape index (κ2) is 11.3. The molecule has 202 valence electrons. The van der Waals surface area contributed by atoms with Crippen molar-refractivity contribution in [1.29, 1.82) is 0 Å². The van der Waals surface area contributed by atoms with Gasteiger partial charge in [-0.05, 0) is 72.7 Å². The molecular weight excluding hydrogens is 544 g/mol. The molecule has 0 spiro atoms. The Hall–Kier alpha value is -4.51. The molecule has 0 aliphatic heterocycles. The molecule has 5 N–H and O–H groups in total. The van der Waals surface area contributed by atoms with Crippen LogP contribution in [0.3, 0.4) is 0 Å². The number of thiocarbonyl (C=S) groups is 1. The van der Waals surface area contributed by atoms with Gasteiger partial charge in [-0.15, -0.1) is 0 Å². The summed E-state index contributed by atoms with van der Waals surface area (Å²) in [6.45, 7) is 1.89. The summed E-state index contributed by atoms with van der Waals surface area (Å²) in [7, 11) is -3.90. The molecule has 1 atom stereocenters. The number of nitrogens with two attached hydrogens (primary N) is 1. The van der Waals surface area contributed by atoms with Gasteiger partial charge in [-0.2, -0.15) is 0 Å². The summed E-state index contributed by atoms with van der Waals surface area (Å²) in [6, 6.07) is 29.4. The van der Waals surface area contributed by atoms with Crippen LogP contribution in [0.5, 0.6) is 0 Å². The van der Waals surface area contributed by atoms with Crippen molar-refractivity contribution in [2.75, 3.05) is 10.6 Å². The minimum Gasteiger partial charge on any atom is -0.461 e. The Morgan fingerprint density at radius 2 is 1.52 bits per heavy atom. The van der Waals surface area contributed by atoms with Gasteiger partial charge in [0.2, 0.25) is 10.0 Å². The van der Waals surface area contributed by atoms with Crippen molar-refractivity contribution >= 4 is 55.6 Å². The lowest BCUT2D eigenvalue weighted by Crippen LogP contribution is -2.39. The molecule has 0 saturated heterocycles. The van der Waals surface area contributed by atoms with E-state index < -0.39 is 16.1 Å². The first-order chi connectivity index (χ1) is 19.2. The molecule has 8 nitrogen and oxygen atoms in total. The van der Waals surface area contributed by atoms with Crippen LogP contribution in [-0.2, 0) is 14.8 Å². The van der Waals surface area contributed by atoms with Crippen LogP contribution in [0.1, 0.15) is 17.4 Å². The Labute approximate surface area is 237 Å². The van der Waals surface area contributed by atoms with Crippen LogP contribution in [-0.4, -0.2) is 19.4 Å². The van der Waals surface area contributed by atoms with Gasteiger partial charge < -0.3 is 20.4 Å². The lowest BCUT2D eigenvalue weighted by molar-refractivity contribution is -0.117. The van der Waals surface area contributed by atoms with Gasteiger partial charge in [0.05, 0.1) is 4.90 Å². The summed E-state index contributed by atoms with van der Waals surface area (Å²) in [4.78, 5) is 13.5. The number of anilines is 2. The smallest absolute Gasteiger partial charge is 0.251 e. The van der Waals surface area contributed by atoms with Crippen molar-refractivity contribution in [3.8, 4) is 11.1 Å². The van der Waals surface area contributed by atoms with Crippen LogP contribution in [0.15, 0.2) is 112 Å². The van der Waals surface area contributed by atoms with Crippen molar-refractivity contribution in [2.24, 2.45) is 5.14 Å². The van der Waals surface area contributed by atoms with Gasteiger partial charge >= 0.3 is 0 Å². The molecule has 1 heterocycles. The van der Waals surface area contributed by atoms with E-state index in [0.29, 0.717) is 16.8 Å². The summed E-state index contributed by atoms with van der Waals surface area (Å²) in [5.41, 5.74) is 3.92. The zero-order valence-corrected chi connectivity index (χ0v) is 23.1. The fraction of sp³-hybridized carbons (Fsp3) is 0.0667. The predicted octanol–water partition coefficient (Wildman–Crippen LogP) is 5.72. The minimum atomic E-state index is -3.90. The Morgan fingerprint density at radius 1 is 0.850 bits per heavy atom. The highest BCUT2D eigenvalue weighted by Crippen LogP contribution is 2.28. The molecule has 0 bridgehead atoms. The average molecular weight is 571 g/mol. The number of carbonyl (C=O) groups excluding carboxylic acids is 1. The van der Waals surface area contributed by atoms with Gasteiger partial charge in [-0.3, -0.25) is 4.79 Å². The van der Waals surface area contributed by atoms with E-state index in [2.05, 4.69) is 16.0 Å². The van der Waals surface area contributed by atoms with E-state index >= 15 is 0 Å². The van der Waals surface area contributed by atoms with Crippen LogP contribution in [0.2, 0.25) is 0 Å². The number of rotatable bonds is 7. The van der Waals surface area contributed by atoms with Gasteiger partial charge in [-0.25, -0.2) is 13.6 Å². The molecule has 0 aliphatic rings. The normalized spacial score (nSPS) is 12.1. The maximum atomic E-state index is 13.4. The third-order valence-electron chi connectivity index (χ3n) is 6.22. The Kier molecular flexibility index (Phi) is 7.65. The SMILES string of the molecule is Cc1cc2cc(NC(=S)NC(C(=O)Nc3ccc(-c4ccccc4S(N)(=O)=O)cc3)c3ccccc3)ccc2o1. The summed E-state index contributed by atoms with van der Waals surface area (Å²) in [5, 5.41) is 15.8. The van der Waals surface area contributed by atoms with Gasteiger partial charge in [0.25, 0.3) is 5.91 Å². The number of benzene rings is 4. The number of furan rings is 1. The summed E-state index contributed by atoms with van der Waals surface area (Å²) in [6.07, 6.45) is 0. The second-order valence-corrected chi connectivity index (χ2v) is 11.1. The molecule has 10 heteroatoms. The van der Waals surface area contributed by atoms with Gasteiger partial charge in [0.1, 0.15) is 17.4 Å². The average Bonchev–Trinajstić information content (AvgIpc) is 3.31. The lowest BCUT2D eigenvalue weighted by atomic mass is 10.0. The number of aryl methyl sites for hydroxylation is 1. The van der Waals surface area contributed by atoms with Crippen LogP contribution >= 0.6 is 12.2 Å². The van der Waals surface area contributed by atoms with E-state index in [1.807, 2.05) is 61.5 Å². The van der Waals surface area contributed by atoms with Gasteiger partial charge in [0.15, 0.2) is 5.11 Å². The summed E-state index contributed by atoms with van der Waals surface area (Å²) < 4.78 is 29.6. The number of carbonyl (C=O) groups is 1. The van der Waals surface area contributed by atoms with E-state index in [9.17, 15) is 13.2 Å². The number of hydrogen-bond acceptors (Lipinski definition) is 5. The van der Waals surface area contributed by atoms with Gasteiger partial charge in [-0.1, -0.05) is 60.7 Å². The third kappa shape index (κ3) is 6.20. The molecule has 4 aromatic carbocycles. The third-order valence-corrected chi connectivity index (χ3v) is 7.41. The van der Waals surface area contributed by atoms with Crippen molar-refractivity contribution in [3.05, 3.63) is 114 Å². The standard InChI is InChI=1S/C30H26N4O4S2/c1-19-17-22-18-24(15-16-26(22)38-19)33-30(39)34-28(21-7-3-2-4-8-21)29(35)32-23-13-11-20(12-14-23)25-9-5-6-10-27(25)40(31,36)37/h2-18,28H,1H3,(H,32,35)(H2,31,36,37)(H2,33,34,39). The monoisotopic (exact) mass is 570 g/mol. The summed E-state index contributed by atoms with van der Waals surface area (Å²) >= 11 is 5.55. The molecule has 5 aromatic rings. The van der Waals surface area contributed by atoms with Crippen molar-refractivity contribution < 1.29 is 17.6 Å². The van der Waals surface area contributed by atoms with E-state index in [1.165, 1.54) is 6.07 Å². The Morgan fingerprint density at radius 3 is 2.25 bits per heavy atom. The zero-order valence-electron chi connectivity index (χ0n) is 21.4. The van der Waals surface area contributed by atoms with E-state index in [4.69, 9.17) is 21.8 Å². The minimum absolute atomic E-state index is 0.0307. The first-order valence-corrected chi connectivity index (χ1v) is 14.3. The number of sulfonamides is 1. The summed E-state index contributed by atoms with van der Waals surface area (Å²) in [5.74, 6) is 0.490. The molecule has 1 aromatic heterocycles. The van der Waals surface area contributed by atoms with Crippen molar-refractivity contribution in [2.45, 2.75) is 17.9 Å². The topological polar surface area (TPSA) is 126 Å². The molecule has 0 saturated carbocycles. The van der Waals surface area contributed by atoms with E-state index in [-0.39, 0.29) is 15.9 Å². The van der Waals surface area contributed by atoms with Crippen LogP contribution in [0, 0.1) is 6.92 Å².